The van der Waals surface area contributed by atoms with E-state index in [0.29, 0.717) is 37.2 Å². The third-order valence-corrected chi connectivity index (χ3v) is 6.44. The molecule has 0 saturated carbocycles. The predicted octanol–water partition coefficient (Wildman–Crippen LogP) is 3.13. The first-order valence-corrected chi connectivity index (χ1v) is 10.4. The molecule has 2 aliphatic heterocycles. The van der Waals surface area contributed by atoms with Gasteiger partial charge < -0.3 is 15.7 Å². The number of likely N-dealkylation sites (tertiary alicyclic amines) is 2. The van der Waals surface area contributed by atoms with Crippen molar-refractivity contribution in [3.8, 4) is 0 Å². The van der Waals surface area contributed by atoms with Crippen LogP contribution in [0.15, 0.2) is 18.2 Å². The molecule has 3 rings (SSSR count). The number of amides is 1. The molecule has 1 amide bonds. The second-order valence-corrected chi connectivity index (χ2v) is 9.49. The highest BCUT2D eigenvalue weighted by Gasteiger charge is 2.38. The Morgan fingerprint density at radius 3 is 2.36 bits per heavy atom. The van der Waals surface area contributed by atoms with Gasteiger partial charge in [0.15, 0.2) is 0 Å². The molecule has 6 heteroatoms. The van der Waals surface area contributed by atoms with E-state index in [2.05, 4.69) is 25.7 Å². The summed E-state index contributed by atoms with van der Waals surface area (Å²) >= 11 is 0. The van der Waals surface area contributed by atoms with E-state index in [-0.39, 0.29) is 29.6 Å². The SMILES string of the molecule is CC(C)(C)N1CCC(O)(CC(=O)N2CCC(c3ccc(N)cc3F)CC2)CC1. The molecule has 0 spiro atoms. The molecule has 3 N–H and O–H groups in total. The lowest BCUT2D eigenvalue weighted by Crippen LogP contribution is -2.53. The van der Waals surface area contributed by atoms with E-state index in [1.54, 1.807) is 12.1 Å². The second-order valence-electron chi connectivity index (χ2n) is 9.49. The minimum atomic E-state index is -0.904. The molecule has 5 nitrogen and oxygen atoms in total. The van der Waals surface area contributed by atoms with Crippen LogP contribution in [0.1, 0.15) is 64.4 Å². The molecule has 28 heavy (non-hydrogen) atoms. The Hall–Kier alpha value is -1.66. The maximum atomic E-state index is 14.2. The normalized spacial score (nSPS) is 21.7. The fourth-order valence-electron chi connectivity index (χ4n) is 4.48. The number of benzene rings is 1. The topological polar surface area (TPSA) is 69.8 Å². The molecule has 0 unspecified atom stereocenters. The quantitative estimate of drug-likeness (QED) is 0.777. The van der Waals surface area contributed by atoms with Crippen LogP contribution >= 0.6 is 0 Å². The summed E-state index contributed by atoms with van der Waals surface area (Å²) in [7, 11) is 0. The fraction of sp³-hybridized carbons (Fsp3) is 0.682. The number of hydrogen-bond donors (Lipinski definition) is 2. The van der Waals surface area contributed by atoms with Gasteiger partial charge in [-0.15, -0.1) is 0 Å². The predicted molar refractivity (Wildman–Crippen MR) is 109 cm³/mol. The van der Waals surface area contributed by atoms with Gasteiger partial charge in [-0.3, -0.25) is 9.69 Å². The van der Waals surface area contributed by atoms with Crippen LogP contribution in [0.4, 0.5) is 10.1 Å². The smallest absolute Gasteiger partial charge is 0.225 e. The first-order valence-electron chi connectivity index (χ1n) is 10.4. The molecule has 0 aliphatic carbocycles. The molecule has 156 valence electrons. The number of nitrogen functional groups attached to an aromatic ring is 1. The Morgan fingerprint density at radius 2 is 1.82 bits per heavy atom. The van der Waals surface area contributed by atoms with Crippen LogP contribution in [0.3, 0.4) is 0 Å². The van der Waals surface area contributed by atoms with Crippen LogP contribution in [0, 0.1) is 5.82 Å². The zero-order valence-electron chi connectivity index (χ0n) is 17.4. The molecule has 0 bridgehead atoms. The number of aliphatic hydroxyl groups is 1. The van der Waals surface area contributed by atoms with Crippen LogP contribution in [0.5, 0.6) is 0 Å². The van der Waals surface area contributed by atoms with Crippen molar-refractivity contribution < 1.29 is 14.3 Å². The molecular formula is C22H34FN3O2. The average Bonchev–Trinajstić information content (AvgIpc) is 2.61. The van der Waals surface area contributed by atoms with Crippen molar-refractivity contribution >= 4 is 11.6 Å². The van der Waals surface area contributed by atoms with Crippen LogP contribution < -0.4 is 5.73 Å². The third kappa shape index (κ3) is 4.84. The van der Waals surface area contributed by atoms with Crippen molar-refractivity contribution in [1.29, 1.82) is 0 Å². The summed E-state index contributed by atoms with van der Waals surface area (Å²) in [6.07, 6.45) is 2.92. The van der Waals surface area contributed by atoms with Gasteiger partial charge in [0.1, 0.15) is 5.82 Å². The molecule has 2 aliphatic rings. The van der Waals surface area contributed by atoms with Crippen LogP contribution in [-0.2, 0) is 4.79 Å². The Kier molecular flexibility index (Phi) is 6.01. The summed E-state index contributed by atoms with van der Waals surface area (Å²) in [4.78, 5) is 17.0. The number of piperidine rings is 2. The van der Waals surface area contributed by atoms with Crippen molar-refractivity contribution in [3.05, 3.63) is 29.6 Å². The van der Waals surface area contributed by atoms with Gasteiger partial charge in [-0.25, -0.2) is 4.39 Å². The van der Waals surface area contributed by atoms with E-state index in [1.807, 2.05) is 4.90 Å². The summed E-state index contributed by atoms with van der Waals surface area (Å²) in [5.74, 6) is -0.129. The largest absolute Gasteiger partial charge is 0.399 e. The highest BCUT2D eigenvalue weighted by atomic mass is 19.1. The van der Waals surface area contributed by atoms with Crippen molar-refractivity contribution in [2.24, 2.45) is 0 Å². The fourth-order valence-corrected chi connectivity index (χ4v) is 4.48. The average molecular weight is 392 g/mol. The van der Waals surface area contributed by atoms with Crippen molar-refractivity contribution in [1.82, 2.24) is 9.80 Å². The molecule has 0 atom stereocenters. The first-order chi connectivity index (χ1) is 13.1. The molecule has 2 saturated heterocycles. The number of rotatable bonds is 3. The Bertz CT molecular complexity index is 700. The van der Waals surface area contributed by atoms with Crippen LogP contribution in [0.25, 0.3) is 0 Å². The Morgan fingerprint density at radius 1 is 1.21 bits per heavy atom. The highest BCUT2D eigenvalue weighted by Crippen LogP contribution is 2.33. The van der Waals surface area contributed by atoms with Gasteiger partial charge >= 0.3 is 0 Å². The van der Waals surface area contributed by atoms with E-state index in [0.717, 1.165) is 25.9 Å². The lowest BCUT2D eigenvalue weighted by molar-refractivity contribution is -0.140. The Labute approximate surface area is 167 Å². The summed E-state index contributed by atoms with van der Waals surface area (Å²) in [6.45, 7) is 9.37. The number of hydrogen-bond acceptors (Lipinski definition) is 4. The zero-order chi connectivity index (χ0) is 20.5. The van der Waals surface area contributed by atoms with E-state index in [4.69, 9.17) is 5.73 Å². The van der Waals surface area contributed by atoms with Crippen LogP contribution in [0.2, 0.25) is 0 Å². The number of nitrogens with zero attached hydrogens (tertiary/aromatic N) is 2. The summed E-state index contributed by atoms with van der Waals surface area (Å²) in [6, 6.07) is 4.86. The van der Waals surface area contributed by atoms with Gasteiger partial charge in [0, 0.05) is 37.4 Å². The molecule has 1 aromatic rings. The Balaban J connectivity index is 1.51. The molecule has 1 aromatic carbocycles. The van der Waals surface area contributed by atoms with Gasteiger partial charge in [0.25, 0.3) is 0 Å². The van der Waals surface area contributed by atoms with E-state index < -0.39 is 5.60 Å². The minimum absolute atomic E-state index is 0.0166. The maximum absolute atomic E-state index is 14.2. The van der Waals surface area contributed by atoms with E-state index in [1.165, 1.54) is 6.07 Å². The lowest BCUT2D eigenvalue weighted by Gasteiger charge is -2.44. The first kappa shape index (κ1) is 21.1. The summed E-state index contributed by atoms with van der Waals surface area (Å²) < 4.78 is 14.2. The van der Waals surface area contributed by atoms with Crippen molar-refractivity contribution in [2.75, 3.05) is 31.9 Å². The summed E-state index contributed by atoms with van der Waals surface area (Å²) in [5, 5.41) is 10.9. The minimum Gasteiger partial charge on any atom is -0.399 e. The zero-order valence-corrected chi connectivity index (χ0v) is 17.4. The van der Waals surface area contributed by atoms with Crippen LogP contribution in [-0.4, -0.2) is 58.1 Å². The standard InChI is InChI=1S/C22H34FN3O2/c1-21(2,3)26-12-8-22(28,9-13-26)15-20(27)25-10-6-16(7-11-25)18-5-4-17(24)14-19(18)23/h4-5,14,16,28H,6-13,15,24H2,1-3H3. The molecule has 0 radical (unpaired) electrons. The van der Waals surface area contributed by atoms with Crippen molar-refractivity contribution in [3.63, 3.8) is 0 Å². The maximum Gasteiger partial charge on any atom is 0.225 e. The summed E-state index contributed by atoms with van der Waals surface area (Å²) in [5.41, 5.74) is 5.94. The number of nitrogens with two attached hydrogens (primary N) is 1. The monoisotopic (exact) mass is 391 g/mol. The van der Waals surface area contributed by atoms with Gasteiger partial charge in [-0.1, -0.05) is 6.07 Å². The van der Waals surface area contributed by atoms with Gasteiger partial charge in [0.05, 0.1) is 12.0 Å². The van der Waals surface area contributed by atoms with Gasteiger partial charge in [-0.2, -0.15) is 0 Å². The lowest BCUT2D eigenvalue weighted by atomic mass is 9.85. The van der Waals surface area contributed by atoms with Crippen molar-refractivity contribution in [2.45, 2.75) is 69.9 Å². The van der Waals surface area contributed by atoms with Gasteiger partial charge in [0.2, 0.25) is 5.91 Å². The highest BCUT2D eigenvalue weighted by molar-refractivity contribution is 5.77. The number of anilines is 1. The molecule has 2 fully saturated rings. The van der Waals surface area contributed by atoms with E-state index >= 15 is 0 Å². The van der Waals surface area contributed by atoms with Gasteiger partial charge in [-0.05, 0) is 70.1 Å². The third-order valence-electron chi connectivity index (χ3n) is 6.44. The second kappa shape index (κ2) is 7.99. The number of carbonyl (C=O) groups is 1. The molecule has 0 aromatic heterocycles. The molecule has 2 heterocycles. The number of halogens is 1. The number of carbonyl (C=O) groups excluding carboxylic acids is 1. The molecular weight excluding hydrogens is 357 g/mol. The van der Waals surface area contributed by atoms with E-state index in [9.17, 15) is 14.3 Å².